The van der Waals surface area contributed by atoms with Crippen LogP contribution >= 0.6 is 12.2 Å². The third kappa shape index (κ3) is 4.46. The number of anilines is 2. The van der Waals surface area contributed by atoms with Crippen molar-refractivity contribution in [1.29, 1.82) is 0 Å². The maximum Gasteiger partial charge on any atom is 0.282 e. The molecular formula is C22H23N5O3S. The van der Waals surface area contributed by atoms with E-state index in [9.17, 15) is 14.4 Å². The second-order valence-electron chi connectivity index (χ2n) is 7.44. The van der Waals surface area contributed by atoms with Crippen molar-refractivity contribution in [3.63, 3.8) is 0 Å². The monoisotopic (exact) mass is 437 g/mol. The maximum atomic E-state index is 13.2. The lowest BCUT2D eigenvalue weighted by atomic mass is 10.0. The summed E-state index contributed by atoms with van der Waals surface area (Å²) in [4.78, 5) is 40.2. The van der Waals surface area contributed by atoms with Gasteiger partial charge in [-0.2, -0.15) is 5.10 Å². The molecule has 8 nitrogen and oxygen atoms in total. The zero-order chi connectivity index (χ0) is 22.9. The number of hydrogen-bond donors (Lipinski definition) is 3. The lowest BCUT2D eigenvalue weighted by molar-refractivity contribution is -0.127. The molecule has 0 bridgehead atoms. The molecule has 4 N–H and O–H groups in total. The summed E-state index contributed by atoms with van der Waals surface area (Å²) in [5, 5.41) is 6.39. The average molecular weight is 438 g/mol. The Labute approximate surface area is 185 Å². The smallest absolute Gasteiger partial charge is 0.282 e. The van der Waals surface area contributed by atoms with E-state index in [1.165, 1.54) is 0 Å². The summed E-state index contributed by atoms with van der Waals surface area (Å²) in [6, 6.07) is 10.6. The average Bonchev–Trinajstić information content (AvgIpc) is 2.95. The van der Waals surface area contributed by atoms with Gasteiger partial charge in [0.2, 0.25) is 5.91 Å². The Bertz CT molecular complexity index is 1140. The molecule has 2 aromatic rings. The number of amides is 3. The zero-order valence-electron chi connectivity index (χ0n) is 17.6. The molecule has 0 aromatic heterocycles. The van der Waals surface area contributed by atoms with Crippen LogP contribution in [0.25, 0.3) is 0 Å². The van der Waals surface area contributed by atoms with Crippen LogP contribution in [0.4, 0.5) is 11.4 Å². The molecule has 3 amide bonds. The van der Waals surface area contributed by atoms with Gasteiger partial charge in [-0.1, -0.05) is 12.1 Å². The van der Waals surface area contributed by atoms with E-state index < -0.39 is 23.6 Å². The normalized spacial score (nSPS) is 17.2. The van der Waals surface area contributed by atoms with Gasteiger partial charge in [0.1, 0.15) is 5.71 Å². The molecule has 0 unspecified atom stereocenters. The van der Waals surface area contributed by atoms with Crippen LogP contribution < -0.4 is 21.4 Å². The molecule has 0 aliphatic carbocycles. The number of rotatable bonds is 4. The van der Waals surface area contributed by atoms with Crippen LogP contribution in [0.3, 0.4) is 0 Å². The summed E-state index contributed by atoms with van der Waals surface area (Å²) in [6.07, 6.45) is 0. The van der Waals surface area contributed by atoms with Crippen LogP contribution in [-0.2, 0) is 14.4 Å². The predicted molar refractivity (Wildman–Crippen MR) is 124 cm³/mol. The SMILES string of the molecule is Cc1ccc(NC(=O)[C@@H]2C(=O)N(c3ccc(C)c(C)c3)C(=O)/C2=N/NC(N)=S)cc1C. The Morgan fingerprint density at radius 1 is 1.00 bits per heavy atom. The molecule has 2 aromatic carbocycles. The minimum Gasteiger partial charge on any atom is -0.375 e. The number of nitrogens with one attached hydrogen (secondary N) is 2. The van der Waals surface area contributed by atoms with Gasteiger partial charge < -0.3 is 11.1 Å². The molecule has 9 heteroatoms. The number of benzene rings is 2. The number of imide groups is 1. The van der Waals surface area contributed by atoms with E-state index in [1.807, 2.05) is 33.8 Å². The summed E-state index contributed by atoms with van der Waals surface area (Å²) in [5.41, 5.74) is 12.3. The van der Waals surface area contributed by atoms with Crippen LogP contribution in [0.2, 0.25) is 0 Å². The summed E-state index contributed by atoms with van der Waals surface area (Å²) >= 11 is 4.74. The van der Waals surface area contributed by atoms with Crippen molar-refractivity contribution in [2.75, 3.05) is 10.2 Å². The van der Waals surface area contributed by atoms with Crippen LogP contribution in [0, 0.1) is 33.6 Å². The molecule has 0 radical (unpaired) electrons. The Morgan fingerprint density at radius 3 is 2.19 bits per heavy atom. The molecule has 3 rings (SSSR count). The third-order valence-electron chi connectivity index (χ3n) is 5.23. The van der Waals surface area contributed by atoms with Gasteiger partial charge in [0.25, 0.3) is 11.8 Å². The van der Waals surface area contributed by atoms with Gasteiger partial charge >= 0.3 is 0 Å². The highest BCUT2D eigenvalue weighted by atomic mass is 32.1. The van der Waals surface area contributed by atoms with E-state index in [4.69, 9.17) is 18.0 Å². The first-order valence-corrected chi connectivity index (χ1v) is 9.97. The molecule has 0 spiro atoms. The first-order chi connectivity index (χ1) is 14.6. The molecule has 1 fully saturated rings. The number of aryl methyl sites for hydroxylation is 4. The van der Waals surface area contributed by atoms with Crippen LogP contribution in [0.5, 0.6) is 0 Å². The summed E-state index contributed by atoms with van der Waals surface area (Å²) in [5.74, 6) is -3.52. The Morgan fingerprint density at radius 2 is 1.61 bits per heavy atom. The molecule has 1 aliphatic rings. The lowest BCUT2D eigenvalue weighted by Crippen LogP contribution is -2.35. The fourth-order valence-electron chi connectivity index (χ4n) is 3.19. The van der Waals surface area contributed by atoms with E-state index >= 15 is 0 Å². The summed E-state index contributed by atoms with van der Waals surface area (Å²) < 4.78 is 0. The summed E-state index contributed by atoms with van der Waals surface area (Å²) in [7, 11) is 0. The minimum absolute atomic E-state index is 0.189. The van der Waals surface area contributed by atoms with Gasteiger partial charge in [-0.25, -0.2) is 4.90 Å². The van der Waals surface area contributed by atoms with E-state index in [1.54, 1.807) is 30.3 Å². The maximum absolute atomic E-state index is 13.2. The van der Waals surface area contributed by atoms with Crippen molar-refractivity contribution in [3.8, 4) is 0 Å². The van der Waals surface area contributed by atoms with E-state index in [0.717, 1.165) is 27.2 Å². The zero-order valence-corrected chi connectivity index (χ0v) is 18.5. The van der Waals surface area contributed by atoms with Gasteiger partial charge in [-0.15, -0.1) is 0 Å². The molecule has 1 atom stereocenters. The lowest BCUT2D eigenvalue weighted by Gasteiger charge is -2.15. The number of carbonyl (C=O) groups excluding carboxylic acids is 3. The highest BCUT2D eigenvalue weighted by molar-refractivity contribution is 7.80. The Balaban J connectivity index is 1.99. The number of thiocarbonyl (C=S) groups is 1. The van der Waals surface area contributed by atoms with Crippen molar-refractivity contribution in [1.82, 2.24) is 5.43 Å². The second kappa shape index (κ2) is 8.65. The fourth-order valence-corrected chi connectivity index (χ4v) is 3.24. The second-order valence-corrected chi connectivity index (χ2v) is 7.88. The molecule has 1 aliphatic heterocycles. The van der Waals surface area contributed by atoms with Gasteiger partial charge in [0.05, 0.1) is 5.69 Å². The van der Waals surface area contributed by atoms with Gasteiger partial charge in [-0.05, 0) is 86.4 Å². The van der Waals surface area contributed by atoms with Crippen molar-refractivity contribution < 1.29 is 14.4 Å². The van der Waals surface area contributed by atoms with Crippen molar-refractivity contribution in [2.45, 2.75) is 27.7 Å². The van der Waals surface area contributed by atoms with Crippen molar-refractivity contribution in [3.05, 3.63) is 58.7 Å². The van der Waals surface area contributed by atoms with Crippen molar-refractivity contribution >= 4 is 52.1 Å². The number of nitrogens with zero attached hydrogens (tertiary/aromatic N) is 2. The first kappa shape index (κ1) is 22.1. The molecule has 160 valence electrons. The Kier molecular flexibility index (Phi) is 6.16. The molecular weight excluding hydrogens is 414 g/mol. The standard InChI is InChI=1S/C22H23N5O3S/c1-11-5-7-15(9-13(11)3)24-19(28)17-18(25-26-22(23)31)21(30)27(20(17)29)16-8-6-12(2)14(4)10-16/h5-10,17H,1-4H3,(H,24,28)(H3,23,26,31)/b25-18+/t17-/m1/s1. The predicted octanol–water partition coefficient (Wildman–Crippen LogP) is 2.24. The number of nitrogens with two attached hydrogens (primary N) is 1. The summed E-state index contributed by atoms with van der Waals surface area (Å²) in [6.45, 7) is 7.66. The number of carbonyl (C=O) groups is 3. The van der Waals surface area contributed by atoms with Crippen LogP contribution in [-0.4, -0.2) is 28.5 Å². The molecule has 1 saturated heterocycles. The molecule has 0 saturated carbocycles. The van der Waals surface area contributed by atoms with Gasteiger partial charge in [0.15, 0.2) is 11.0 Å². The van der Waals surface area contributed by atoms with E-state index in [0.29, 0.717) is 11.4 Å². The topological polar surface area (TPSA) is 117 Å². The van der Waals surface area contributed by atoms with E-state index in [2.05, 4.69) is 15.8 Å². The largest absolute Gasteiger partial charge is 0.375 e. The fraction of sp³-hybridized carbons (Fsp3) is 0.227. The van der Waals surface area contributed by atoms with Crippen molar-refractivity contribution in [2.24, 2.45) is 16.8 Å². The quantitative estimate of drug-likeness (QED) is 0.292. The van der Waals surface area contributed by atoms with Crippen LogP contribution in [0.15, 0.2) is 41.5 Å². The van der Waals surface area contributed by atoms with Gasteiger partial charge in [-0.3, -0.25) is 19.8 Å². The number of hydrogen-bond acceptors (Lipinski definition) is 5. The number of hydrazone groups is 1. The third-order valence-corrected chi connectivity index (χ3v) is 5.33. The minimum atomic E-state index is -1.45. The van der Waals surface area contributed by atoms with Gasteiger partial charge in [0, 0.05) is 5.69 Å². The first-order valence-electron chi connectivity index (χ1n) is 9.57. The highest BCUT2D eigenvalue weighted by Gasteiger charge is 2.50. The van der Waals surface area contributed by atoms with E-state index in [-0.39, 0.29) is 10.8 Å². The molecule has 1 heterocycles. The van der Waals surface area contributed by atoms with Crippen LogP contribution in [0.1, 0.15) is 22.3 Å². The highest BCUT2D eigenvalue weighted by Crippen LogP contribution is 2.28. The molecule has 31 heavy (non-hydrogen) atoms. The Hall–Kier alpha value is -3.59.